The van der Waals surface area contributed by atoms with E-state index in [1.165, 1.54) is 12.8 Å². The highest BCUT2D eigenvalue weighted by Crippen LogP contribution is 2.28. The third-order valence-electron chi connectivity index (χ3n) is 4.22. The highest BCUT2D eigenvalue weighted by molar-refractivity contribution is 7.71. The van der Waals surface area contributed by atoms with E-state index in [1.807, 2.05) is 48.5 Å². The van der Waals surface area contributed by atoms with E-state index in [0.717, 1.165) is 29.9 Å². The predicted molar refractivity (Wildman–Crippen MR) is 114 cm³/mol. The monoisotopic (exact) mass is 396 g/mol. The minimum Gasteiger partial charge on any atom is -0.496 e. The van der Waals surface area contributed by atoms with Crippen molar-refractivity contribution in [3.8, 4) is 22.9 Å². The zero-order valence-corrected chi connectivity index (χ0v) is 16.9. The average molecular weight is 397 g/mol. The molecule has 0 radical (unpaired) electrons. The lowest BCUT2D eigenvalue weighted by molar-refractivity contribution is 0.306. The maximum Gasteiger partial charge on any atom is 0.216 e. The van der Waals surface area contributed by atoms with E-state index >= 15 is 0 Å². The van der Waals surface area contributed by atoms with Crippen LogP contribution in [-0.4, -0.2) is 34.8 Å². The van der Waals surface area contributed by atoms with Crippen LogP contribution < -0.4 is 9.47 Å². The van der Waals surface area contributed by atoms with Crippen LogP contribution in [0.1, 0.15) is 31.7 Å². The van der Waals surface area contributed by atoms with Gasteiger partial charge in [-0.25, -0.2) is 5.10 Å². The second-order valence-electron chi connectivity index (χ2n) is 6.23. The summed E-state index contributed by atoms with van der Waals surface area (Å²) in [5, 5.41) is 11.6. The molecule has 0 fully saturated rings. The van der Waals surface area contributed by atoms with Gasteiger partial charge < -0.3 is 9.47 Å². The average Bonchev–Trinajstić information content (AvgIpc) is 3.10. The minimum absolute atomic E-state index is 0.410. The van der Waals surface area contributed by atoms with Crippen LogP contribution in [-0.2, 0) is 0 Å². The second kappa shape index (κ2) is 9.85. The number of hydrogen-bond donors (Lipinski definition) is 1. The van der Waals surface area contributed by atoms with Crippen molar-refractivity contribution < 1.29 is 9.47 Å². The number of aromatic nitrogens is 3. The Morgan fingerprint density at radius 2 is 1.93 bits per heavy atom. The summed E-state index contributed by atoms with van der Waals surface area (Å²) >= 11 is 5.33. The van der Waals surface area contributed by atoms with Crippen molar-refractivity contribution in [2.75, 3.05) is 13.7 Å². The number of para-hydroxylation sites is 1. The summed E-state index contributed by atoms with van der Waals surface area (Å²) in [5.41, 5.74) is 1.75. The summed E-state index contributed by atoms with van der Waals surface area (Å²) in [5.74, 6) is 2.16. The molecule has 6 nitrogen and oxygen atoms in total. The molecule has 0 aliphatic carbocycles. The zero-order chi connectivity index (χ0) is 19.8. The van der Waals surface area contributed by atoms with Crippen LogP contribution in [0.4, 0.5) is 0 Å². The van der Waals surface area contributed by atoms with E-state index in [1.54, 1.807) is 18.0 Å². The molecular formula is C21H24N4O2S. The fourth-order valence-corrected chi connectivity index (χ4v) is 2.90. The number of ether oxygens (including phenoxy) is 2. The van der Waals surface area contributed by atoms with Crippen LogP contribution in [0, 0.1) is 4.77 Å². The maximum atomic E-state index is 5.74. The van der Waals surface area contributed by atoms with Gasteiger partial charge in [-0.1, -0.05) is 31.9 Å². The third kappa shape index (κ3) is 4.86. The van der Waals surface area contributed by atoms with Crippen molar-refractivity contribution in [2.24, 2.45) is 5.10 Å². The van der Waals surface area contributed by atoms with Gasteiger partial charge in [-0.3, -0.25) is 0 Å². The molecule has 1 N–H and O–H groups in total. The number of nitrogens with one attached hydrogen (secondary N) is 1. The quantitative estimate of drug-likeness (QED) is 0.312. The number of rotatable bonds is 9. The molecular weight excluding hydrogens is 372 g/mol. The zero-order valence-electron chi connectivity index (χ0n) is 16.1. The number of hydrogen-bond acceptors (Lipinski definition) is 5. The Labute approximate surface area is 169 Å². The number of benzene rings is 2. The third-order valence-corrected chi connectivity index (χ3v) is 4.48. The molecule has 0 atom stereocenters. The van der Waals surface area contributed by atoms with Gasteiger partial charge in [-0.15, -0.1) is 0 Å². The van der Waals surface area contributed by atoms with Crippen molar-refractivity contribution in [1.82, 2.24) is 14.9 Å². The molecule has 3 rings (SSSR count). The van der Waals surface area contributed by atoms with Crippen LogP contribution in [0.2, 0.25) is 0 Å². The molecule has 7 heteroatoms. The van der Waals surface area contributed by atoms with Crippen molar-refractivity contribution in [3.05, 3.63) is 58.9 Å². The SMILES string of the molecule is CCCCCOc1ccc(/C=N\n2c(-c3ccccc3OC)n[nH]c2=S)cc1. The Bertz CT molecular complexity index is 977. The molecule has 2 aromatic carbocycles. The summed E-state index contributed by atoms with van der Waals surface area (Å²) in [4.78, 5) is 0. The highest BCUT2D eigenvalue weighted by Gasteiger charge is 2.12. The summed E-state index contributed by atoms with van der Waals surface area (Å²) in [6, 6.07) is 15.4. The van der Waals surface area contributed by atoms with Gasteiger partial charge in [0.05, 0.1) is 25.5 Å². The first-order valence-electron chi connectivity index (χ1n) is 9.31. The first kappa shape index (κ1) is 19.8. The van der Waals surface area contributed by atoms with Crippen molar-refractivity contribution in [2.45, 2.75) is 26.2 Å². The molecule has 28 heavy (non-hydrogen) atoms. The lowest BCUT2D eigenvalue weighted by Gasteiger charge is -2.07. The molecule has 1 heterocycles. The van der Waals surface area contributed by atoms with Gasteiger partial charge in [-0.05, 0) is 60.6 Å². The first-order valence-corrected chi connectivity index (χ1v) is 9.71. The molecule has 1 aromatic heterocycles. The first-order chi connectivity index (χ1) is 13.7. The molecule has 0 aliphatic heterocycles. The Hall–Kier alpha value is -2.93. The van der Waals surface area contributed by atoms with Crippen molar-refractivity contribution in [3.63, 3.8) is 0 Å². The van der Waals surface area contributed by atoms with Crippen LogP contribution in [0.25, 0.3) is 11.4 Å². The normalized spacial score (nSPS) is 11.1. The molecule has 0 saturated carbocycles. The second-order valence-corrected chi connectivity index (χ2v) is 6.62. The standard InChI is InChI=1S/C21H24N4O2S/c1-3-4-7-14-27-17-12-10-16(11-13-17)15-22-25-20(23-24-21(25)28)18-8-5-6-9-19(18)26-2/h5-6,8-13,15H,3-4,7,14H2,1-2H3,(H,24,28)/b22-15-. The van der Waals surface area contributed by atoms with Gasteiger partial charge in [0.25, 0.3) is 0 Å². The molecule has 0 saturated heterocycles. The molecule has 0 aliphatic rings. The fraction of sp³-hybridized carbons (Fsp3) is 0.286. The van der Waals surface area contributed by atoms with Gasteiger partial charge in [0.15, 0.2) is 5.82 Å². The summed E-state index contributed by atoms with van der Waals surface area (Å²) in [6.45, 7) is 2.92. The van der Waals surface area contributed by atoms with Crippen molar-refractivity contribution >= 4 is 18.4 Å². The number of nitrogens with zero attached hydrogens (tertiary/aromatic N) is 3. The molecule has 0 amide bonds. The Morgan fingerprint density at radius 1 is 1.14 bits per heavy atom. The highest BCUT2D eigenvalue weighted by atomic mass is 32.1. The van der Waals surface area contributed by atoms with Crippen LogP contribution >= 0.6 is 12.2 Å². The lowest BCUT2D eigenvalue weighted by Crippen LogP contribution is -1.98. The van der Waals surface area contributed by atoms with E-state index in [-0.39, 0.29) is 0 Å². The summed E-state index contributed by atoms with van der Waals surface area (Å²) in [6.07, 6.45) is 5.19. The number of aromatic amines is 1. The number of methoxy groups -OCH3 is 1. The Balaban J connectivity index is 1.76. The smallest absolute Gasteiger partial charge is 0.216 e. The maximum absolute atomic E-state index is 5.74. The van der Waals surface area contributed by atoms with Crippen LogP contribution in [0.5, 0.6) is 11.5 Å². The Morgan fingerprint density at radius 3 is 2.68 bits per heavy atom. The topological polar surface area (TPSA) is 64.4 Å². The summed E-state index contributed by atoms with van der Waals surface area (Å²) < 4.78 is 13.2. The van der Waals surface area contributed by atoms with E-state index in [2.05, 4.69) is 22.2 Å². The largest absolute Gasteiger partial charge is 0.496 e. The number of H-pyrrole nitrogens is 1. The molecule has 0 unspecified atom stereocenters. The van der Waals surface area contributed by atoms with Gasteiger partial charge in [0.1, 0.15) is 11.5 Å². The van der Waals surface area contributed by atoms with Gasteiger partial charge in [0, 0.05) is 0 Å². The van der Waals surface area contributed by atoms with Crippen molar-refractivity contribution in [1.29, 1.82) is 0 Å². The number of unbranched alkanes of at least 4 members (excludes halogenated alkanes) is 2. The lowest BCUT2D eigenvalue weighted by atomic mass is 10.2. The van der Waals surface area contributed by atoms with Crippen LogP contribution in [0.15, 0.2) is 53.6 Å². The fourth-order valence-electron chi connectivity index (χ4n) is 2.72. The van der Waals surface area contributed by atoms with Gasteiger partial charge in [0.2, 0.25) is 4.77 Å². The minimum atomic E-state index is 0.410. The molecule has 3 aromatic rings. The van der Waals surface area contributed by atoms with E-state index in [4.69, 9.17) is 21.7 Å². The van der Waals surface area contributed by atoms with E-state index in [9.17, 15) is 0 Å². The molecule has 146 valence electrons. The van der Waals surface area contributed by atoms with Gasteiger partial charge in [-0.2, -0.15) is 14.9 Å². The van der Waals surface area contributed by atoms with Gasteiger partial charge >= 0.3 is 0 Å². The van der Waals surface area contributed by atoms with Crippen LogP contribution in [0.3, 0.4) is 0 Å². The Kier molecular flexibility index (Phi) is 6.97. The van der Waals surface area contributed by atoms with E-state index in [0.29, 0.717) is 16.3 Å². The van der Waals surface area contributed by atoms with E-state index < -0.39 is 0 Å². The molecule has 0 spiro atoms. The summed E-state index contributed by atoms with van der Waals surface area (Å²) in [7, 11) is 1.62. The predicted octanol–water partition coefficient (Wildman–Crippen LogP) is 5.07. The molecule has 0 bridgehead atoms.